The molecule has 22 nitrogen and oxygen atoms in total. The van der Waals surface area contributed by atoms with Crippen LogP contribution < -0.4 is 26.6 Å². The summed E-state index contributed by atoms with van der Waals surface area (Å²) >= 11 is 0. The molecule has 0 aromatic heterocycles. The molecule has 0 aromatic rings. The van der Waals surface area contributed by atoms with Crippen molar-refractivity contribution in [2.75, 3.05) is 108 Å². The molecule has 1 aliphatic heterocycles. The number of Topliss-reactive ketones (excluding diaryl/α,β-unsaturated/α-hetero) is 1. The lowest BCUT2D eigenvalue weighted by Crippen LogP contribution is -2.61. The number of methoxy groups -OCH3 is 3. The molecule has 0 radical (unpaired) electrons. The molecule has 60 heavy (non-hydrogen) atoms. The number of carbonyl (C=O) groups is 7. The number of rotatable bonds is 35. The van der Waals surface area contributed by atoms with Gasteiger partial charge in [0, 0.05) is 59.8 Å². The van der Waals surface area contributed by atoms with Crippen LogP contribution >= 0.6 is 0 Å². The molecule has 0 spiro atoms. The molecule has 0 aromatic carbocycles. The van der Waals surface area contributed by atoms with Gasteiger partial charge in [-0.05, 0) is 58.8 Å². The van der Waals surface area contributed by atoms with E-state index in [1.807, 2.05) is 0 Å². The molecule has 346 valence electrons. The maximum Gasteiger partial charge on any atom is 0.409 e. The van der Waals surface area contributed by atoms with Crippen molar-refractivity contribution >= 4 is 41.8 Å². The quantitative estimate of drug-likeness (QED) is 0.0257. The molecule has 22 heteroatoms. The van der Waals surface area contributed by atoms with Gasteiger partial charge in [-0.25, -0.2) is 14.4 Å². The fourth-order valence-corrected chi connectivity index (χ4v) is 5.64. The first kappa shape index (κ1) is 53.8. The van der Waals surface area contributed by atoms with E-state index in [4.69, 9.17) is 42.6 Å². The molecule has 1 fully saturated rings. The minimum absolute atomic E-state index is 0.154. The number of nitrogens with one attached hydrogen (secondary N) is 5. The minimum atomic E-state index is -1.38. The van der Waals surface area contributed by atoms with Crippen LogP contribution in [0.2, 0.25) is 0 Å². The molecule has 1 rings (SSSR count). The molecular weight excluding hydrogens is 796 g/mol. The number of imide groups is 1. The summed E-state index contributed by atoms with van der Waals surface area (Å²) in [6, 6.07) is -1.98. The zero-order valence-electron chi connectivity index (χ0n) is 36.1. The van der Waals surface area contributed by atoms with Crippen molar-refractivity contribution in [3.63, 3.8) is 0 Å². The number of hydrogen-bond donors (Lipinski definition) is 5. The Morgan fingerprint density at radius 1 is 0.650 bits per heavy atom. The first-order valence-electron chi connectivity index (χ1n) is 20.2. The molecule has 5 N–H and O–H groups in total. The van der Waals surface area contributed by atoms with Crippen LogP contribution in [0.1, 0.15) is 72.1 Å². The summed E-state index contributed by atoms with van der Waals surface area (Å²) in [5.41, 5.74) is -1.38. The molecule has 0 aliphatic carbocycles. The van der Waals surface area contributed by atoms with Crippen molar-refractivity contribution in [2.45, 2.75) is 89.8 Å². The topological polar surface area (TPSA) is 266 Å². The maximum absolute atomic E-state index is 14.2. The smallest absolute Gasteiger partial charge is 0.409 e. The molecule has 1 heterocycles. The highest BCUT2D eigenvalue weighted by Gasteiger charge is 2.38. The second kappa shape index (κ2) is 32.6. The van der Waals surface area contributed by atoms with Gasteiger partial charge in [-0.3, -0.25) is 29.4 Å². The molecule has 1 saturated heterocycles. The summed E-state index contributed by atoms with van der Waals surface area (Å²) < 4.78 is 45.1. The van der Waals surface area contributed by atoms with Crippen molar-refractivity contribution in [3.05, 3.63) is 0 Å². The Hall–Kier alpha value is -4.19. The summed E-state index contributed by atoms with van der Waals surface area (Å²) in [6.45, 7) is 6.48. The predicted molar refractivity (Wildman–Crippen MR) is 212 cm³/mol. The summed E-state index contributed by atoms with van der Waals surface area (Å²) in [5, 5.41) is 13.8. The third-order valence-corrected chi connectivity index (χ3v) is 8.90. The van der Waals surface area contributed by atoms with Gasteiger partial charge < -0.3 is 63.9 Å². The Morgan fingerprint density at radius 2 is 1.12 bits per heavy atom. The third-order valence-electron chi connectivity index (χ3n) is 8.90. The van der Waals surface area contributed by atoms with Crippen LogP contribution in [-0.4, -0.2) is 172 Å². The molecule has 3 unspecified atom stereocenters. The Kier molecular flexibility index (Phi) is 29.2. The highest BCUT2D eigenvalue weighted by Crippen LogP contribution is 2.19. The Bertz CT molecular complexity index is 1290. The zero-order chi connectivity index (χ0) is 44.6. The fraction of sp³-hybridized carbons (Fsp3) is 0.816. The number of ketones is 1. The number of nitrogens with zero attached hydrogens (tertiary/aromatic N) is 1. The number of likely N-dealkylation sites (tertiary alicyclic amines) is 1. The number of hydrogen-bond acceptors (Lipinski definition) is 17. The second-order valence-electron chi connectivity index (χ2n) is 14.2. The SMILES string of the molecule is COCCOCOC(=O)NCCCCC(NC(C)(C)C(=O)C(CCCCNC(=O)OCOCCOC)NC(=O)OCOCCOC)C(=O)NCCCN1C(=O)CC(C)C1=O. The number of amides is 6. The van der Waals surface area contributed by atoms with Crippen LogP contribution in [0.5, 0.6) is 0 Å². The first-order valence-corrected chi connectivity index (χ1v) is 20.2. The number of alkyl carbamates (subject to hydrolysis) is 3. The fourth-order valence-electron chi connectivity index (χ4n) is 5.64. The highest BCUT2D eigenvalue weighted by molar-refractivity contribution is 6.03. The van der Waals surface area contributed by atoms with Crippen LogP contribution in [0.25, 0.3) is 0 Å². The summed E-state index contributed by atoms with van der Waals surface area (Å²) in [6.07, 6.45) is 0.347. The average molecular weight is 865 g/mol. The third kappa shape index (κ3) is 24.2. The number of ether oxygens (including phenoxy) is 9. The van der Waals surface area contributed by atoms with Crippen molar-refractivity contribution in [2.24, 2.45) is 5.92 Å². The van der Waals surface area contributed by atoms with Gasteiger partial charge >= 0.3 is 18.3 Å². The Labute approximate surface area is 352 Å². The Morgan fingerprint density at radius 3 is 1.58 bits per heavy atom. The molecular formula is C38H68N6O16. The van der Waals surface area contributed by atoms with Crippen molar-refractivity contribution in [1.82, 2.24) is 31.5 Å². The van der Waals surface area contributed by atoms with E-state index in [0.717, 1.165) is 0 Å². The van der Waals surface area contributed by atoms with Crippen LogP contribution in [0.15, 0.2) is 0 Å². The van der Waals surface area contributed by atoms with E-state index in [1.165, 1.54) is 26.2 Å². The van der Waals surface area contributed by atoms with E-state index < -0.39 is 47.6 Å². The first-order chi connectivity index (χ1) is 28.8. The Balaban J connectivity index is 2.95. The van der Waals surface area contributed by atoms with Gasteiger partial charge in [0.05, 0.1) is 57.3 Å². The van der Waals surface area contributed by atoms with E-state index >= 15 is 0 Å². The van der Waals surface area contributed by atoms with Gasteiger partial charge in [-0.2, -0.15) is 0 Å². The van der Waals surface area contributed by atoms with Gasteiger partial charge in [-0.1, -0.05) is 6.92 Å². The second-order valence-corrected chi connectivity index (χ2v) is 14.2. The monoisotopic (exact) mass is 864 g/mol. The van der Waals surface area contributed by atoms with E-state index in [0.29, 0.717) is 45.3 Å². The van der Waals surface area contributed by atoms with Crippen molar-refractivity contribution in [3.8, 4) is 0 Å². The summed E-state index contributed by atoms with van der Waals surface area (Å²) in [5.74, 6) is -1.75. The van der Waals surface area contributed by atoms with Crippen LogP contribution in [0.4, 0.5) is 14.4 Å². The normalized spacial score (nSPS) is 15.0. The summed E-state index contributed by atoms with van der Waals surface area (Å²) in [7, 11) is 4.54. The standard InChI is InChI=1S/C38H68N6O16/c1-28-24-31(45)44(34(28)48)17-11-16-39-33(47)30(13-8-10-15-41-36(50)59-26-56-22-19-53-5)43-38(2,3)32(46)29(42-37(51)60-27-57-23-20-54-6)12-7-9-14-40-35(49)58-25-55-21-18-52-4/h28-30,43H,7-27H2,1-6H3,(H,39,47)(H,40,49)(H,41,50)(H,42,51). The van der Waals surface area contributed by atoms with E-state index in [9.17, 15) is 33.6 Å². The van der Waals surface area contributed by atoms with E-state index in [-0.39, 0.29) is 110 Å². The van der Waals surface area contributed by atoms with Crippen LogP contribution in [-0.2, 0) is 61.8 Å². The lowest BCUT2D eigenvalue weighted by molar-refractivity contribution is -0.139. The molecule has 3 atom stereocenters. The van der Waals surface area contributed by atoms with E-state index in [2.05, 4.69) is 26.6 Å². The minimum Gasteiger partial charge on any atom is -0.422 e. The lowest BCUT2D eigenvalue weighted by Gasteiger charge is -2.33. The molecule has 6 amide bonds. The van der Waals surface area contributed by atoms with Crippen LogP contribution in [0.3, 0.4) is 0 Å². The van der Waals surface area contributed by atoms with Gasteiger partial charge in [0.1, 0.15) is 0 Å². The summed E-state index contributed by atoms with van der Waals surface area (Å²) in [4.78, 5) is 90.3. The maximum atomic E-state index is 14.2. The van der Waals surface area contributed by atoms with Crippen LogP contribution in [0, 0.1) is 5.92 Å². The van der Waals surface area contributed by atoms with Gasteiger partial charge in [-0.15, -0.1) is 0 Å². The van der Waals surface area contributed by atoms with E-state index in [1.54, 1.807) is 20.8 Å². The lowest BCUT2D eigenvalue weighted by atomic mass is 9.89. The number of carbonyl (C=O) groups excluding carboxylic acids is 7. The zero-order valence-corrected chi connectivity index (χ0v) is 36.1. The average Bonchev–Trinajstić information content (AvgIpc) is 3.46. The number of unbranched alkanes of at least 4 members (excludes halogenated alkanes) is 2. The van der Waals surface area contributed by atoms with Gasteiger partial charge in [0.15, 0.2) is 26.2 Å². The van der Waals surface area contributed by atoms with Gasteiger partial charge in [0.2, 0.25) is 17.7 Å². The van der Waals surface area contributed by atoms with Crippen molar-refractivity contribution in [1.29, 1.82) is 0 Å². The van der Waals surface area contributed by atoms with Gasteiger partial charge in [0.25, 0.3) is 0 Å². The molecule has 0 saturated carbocycles. The predicted octanol–water partition coefficient (Wildman–Crippen LogP) is 0.943. The molecule has 0 bridgehead atoms. The largest absolute Gasteiger partial charge is 0.422 e. The molecule has 1 aliphatic rings. The van der Waals surface area contributed by atoms with Crippen molar-refractivity contribution < 1.29 is 76.2 Å². The highest BCUT2D eigenvalue weighted by atomic mass is 16.7.